The Hall–Kier alpha value is -1.79. The lowest BCUT2D eigenvalue weighted by molar-refractivity contribution is -0.138. The maximum atomic E-state index is 11.5. The molecule has 3 nitrogen and oxygen atoms in total. The molecule has 1 aromatic carbocycles. The van der Waals surface area contributed by atoms with E-state index in [0.717, 1.165) is 6.42 Å². The van der Waals surface area contributed by atoms with Gasteiger partial charge in [-0.05, 0) is 24.1 Å². The van der Waals surface area contributed by atoms with Gasteiger partial charge in [0.05, 0.1) is 6.61 Å². The van der Waals surface area contributed by atoms with Gasteiger partial charge in [0.1, 0.15) is 11.6 Å². The number of halogens is 1. The van der Waals surface area contributed by atoms with E-state index in [-0.39, 0.29) is 5.57 Å². The lowest BCUT2D eigenvalue weighted by Crippen LogP contribution is -2.07. The summed E-state index contributed by atoms with van der Waals surface area (Å²) in [7, 11) is 0. The van der Waals surface area contributed by atoms with E-state index in [9.17, 15) is 4.79 Å². The number of hydrogen-bond acceptors (Lipinski definition) is 3. The van der Waals surface area contributed by atoms with Crippen LogP contribution in [-0.4, -0.2) is 12.6 Å². The standard InChI is InChI=1S/C13H12ClNO2/c1-2-7-17-13(16)11(9-15)8-10-5-3-4-6-12(10)14/h3-6,8H,2,7H2,1H3/b11-8+. The zero-order valence-corrected chi connectivity index (χ0v) is 10.2. The molecule has 0 bridgehead atoms. The predicted octanol–water partition coefficient (Wildman–Crippen LogP) is 3.20. The van der Waals surface area contributed by atoms with Crippen LogP contribution in [0.4, 0.5) is 0 Å². The minimum Gasteiger partial charge on any atom is -0.462 e. The number of rotatable bonds is 4. The molecule has 0 spiro atoms. The molecule has 0 saturated carbocycles. The second kappa shape index (κ2) is 6.72. The number of carbonyl (C=O) groups is 1. The summed E-state index contributed by atoms with van der Waals surface area (Å²) in [5.41, 5.74) is 0.575. The van der Waals surface area contributed by atoms with Gasteiger partial charge in [-0.1, -0.05) is 36.7 Å². The van der Waals surface area contributed by atoms with E-state index < -0.39 is 5.97 Å². The van der Waals surface area contributed by atoms with Crippen LogP contribution in [0.15, 0.2) is 29.8 Å². The van der Waals surface area contributed by atoms with Gasteiger partial charge < -0.3 is 4.74 Å². The molecule has 0 aliphatic rings. The number of nitrogens with zero attached hydrogens (tertiary/aromatic N) is 1. The molecule has 0 amide bonds. The van der Waals surface area contributed by atoms with Crippen LogP contribution in [0, 0.1) is 11.3 Å². The Morgan fingerprint density at radius 2 is 2.24 bits per heavy atom. The highest BCUT2D eigenvalue weighted by Gasteiger charge is 2.10. The highest BCUT2D eigenvalue weighted by Crippen LogP contribution is 2.18. The third-order valence-electron chi connectivity index (χ3n) is 1.98. The number of carbonyl (C=O) groups excluding carboxylic acids is 1. The van der Waals surface area contributed by atoms with E-state index in [1.54, 1.807) is 24.3 Å². The maximum Gasteiger partial charge on any atom is 0.348 e. The Morgan fingerprint density at radius 1 is 1.53 bits per heavy atom. The summed E-state index contributed by atoms with van der Waals surface area (Å²) in [6.07, 6.45) is 2.15. The van der Waals surface area contributed by atoms with E-state index >= 15 is 0 Å². The Kier molecular flexibility index (Phi) is 5.25. The molecule has 17 heavy (non-hydrogen) atoms. The monoisotopic (exact) mass is 249 g/mol. The van der Waals surface area contributed by atoms with Crippen LogP contribution in [0.3, 0.4) is 0 Å². The van der Waals surface area contributed by atoms with Crippen molar-refractivity contribution < 1.29 is 9.53 Å². The second-order valence-corrected chi connectivity index (χ2v) is 3.73. The molecule has 4 heteroatoms. The first-order valence-electron chi connectivity index (χ1n) is 5.22. The SMILES string of the molecule is CCCOC(=O)/C(C#N)=C/c1ccccc1Cl. The molecular formula is C13H12ClNO2. The van der Waals surface area contributed by atoms with Gasteiger partial charge in [-0.15, -0.1) is 0 Å². The average Bonchev–Trinajstić information content (AvgIpc) is 2.35. The van der Waals surface area contributed by atoms with Crippen molar-refractivity contribution in [2.24, 2.45) is 0 Å². The summed E-state index contributed by atoms with van der Waals surface area (Å²) in [6, 6.07) is 8.80. The van der Waals surface area contributed by atoms with E-state index in [1.165, 1.54) is 6.08 Å². The fraction of sp³-hybridized carbons (Fsp3) is 0.231. The predicted molar refractivity (Wildman–Crippen MR) is 66.3 cm³/mol. The third kappa shape index (κ3) is 3.93. The van der Waals surface area contributed by atoms with Crippen molar-refractivity contribution in [3.05, 3.63) is 40.4 Å². The normalized spacial score (nSPS) is 10.8. The van der Waals surface area contributed by atoms with Crippen LogP contribution < -0.4 is 0 Å². The van der Waals surface area contributed by atoms with Gasteiger partial charge >= 0.3 is 5.97 Å². The second-order valence-electron chi connectivity index (χ2n) is 3.33. The molecule has 1 rings (SSSR count). The molecule has 0 heterocycles. The molecule has 0 N–H and O–H groups in total. The third-order valence-corrected chi connectivity index (χ3v) is 2.33. The average molecular weight is 250 g/mol. The smallest absolute Gasteiger partial charge is 0.348 e. The lowest BCUT2D eigenvalue weighted by atomic mass is 10.1. The van der Waals surface area contributed by atoms with E-state index in [4.69, 9.17) is 21.6 Å². The molecule has 0 aromatic heterocycles. The highest BCUT2D eigenvalue weighted by molar-refractivity contribution is 6.32. The summed E-state index contributed by atoms with van der Waals surface area (Å²) in [6.45, 7) is 2.19. The van der Waals surface area contributed by atoms with Crippen molar-refractivity contribution in [2.75, 3.05) is 6.61 Å². The van der Waals surface area contributed by atoms with Gasteiger partial charge in [0.25, 0.3) is 0 Å². The summed E-state index contributed by atoms with van der Waals surface area (Å²) in [5, 5.41) is 9.38. The van der Waals surface area contributed by atoms with Crippen LogP contribution in [-0.2, 0) is 9.53 Å². The van der Waals surface area contributed by atoms with Crippen LogP contribution in [0.2, 0.25) is 5.02 Å². The summed E-state index contributed by atoms with van der Waals surface area (Å²) in [5.74, 6) is -0.616. The molecule has 0 aliphatic carbocycles. The Morgan fingerprint density at radius 3 is 2.82 bits per heavy atom. The fourth-order valence-corrected chi connectivity index (χ4v) is 1.35. The van der Waals surface area contributed by atoms with Crippen molar-refractivity contribution in [3.63, 3.8) is 0 Å². The fourth-order valence-electron chi connectivity index (χ4n) is 1.16. The largest absolute Gasteiger partial charge is 0.462 e. The maximum absolute atomic E-state index is 11.5. The Bertz CT molecular complexity index is 475. The van der Waals surface area contributed by atoms with Gasteiger partial charge in [0.2, 0.25) is 0 Å². The minimum absolute atomic E-state index is 0.0495. The zero-order valence-electron chi connectivity index (χ0n) is 9.44. The molecule has 0 radical (unpaired) electrons. The zero-order chi connectivity index (χ0) is 12.7. The minimum atomic E-state index is -0.616. The lowest BCUT2D eigenvalue weighted by Gasteiger charge is -2.02. The summed E-state index contributed by atoms with van der Waals surface area (Å²) in [4.78, 5) is 11.5. The highest BCUT2D eigenvalue weighted by atomic mass is 35.5. The first-order valence-corrected chi connectivity index (χ1v) is 5.60. The van der Waals surface area contributed by atoms with Crippen LogP contribution in [0.25, 0.3) is 6.08 Å². The van der Waals surface area contributed by atoms with Gasteiger partial charge in [-0.3, -0.25) is 0 Å². The van der Waals surface area contributed by atoms with Crippen molar-refractivity contribution in [1.82, 2.24) is 0 Å². The molecule has 0 saturated heterocycles. The Labute approximate surface area is 105 Å². The van der Waals surface area contributed by atoms with Crippen molar-refractivity contribution in [1.29, 1.82) is 5.26 Å². The molecule has 1 aromatic rings. The van der Waals surface area contributed by atoms with Gasteiger partial charge in [-0.2, -0.15) is 5.26 Å². The number of ether oxygens (including phenoxy) is 1. The first kappa shape index (κ1) is 13.3. The van der Waals surface area contributed by atoms with Gasteiger partial charge in [0.15, 0.2) is 0 Å². The van der Waals surface area contributed by atoms with E-state index in [0.29, 0.717) is 17.2 Å². The van der Waals surface area contributed by atoms with Crippen molar-refractivity contribution >= 4 is 23.6 Å². The van der Waals surface area contributed by atoms with E-state index in [2.05, 4.69) is 0 Å². The topological polar surface area (TPSA) is 50.1 Å². The number of esters is 1. The first-order chi connectivity index (χ1) is 8.19. The van der Waals surface area contributed by atoms with Gasteiger partial charge in [-0.25, -0.2) is 4.79 Å². The molecule has 0 unspecified atom stereocenters. The summed E-state index contributed by atoms with van der Waals surface area (Å²) < 4.78 is 4.88. The van der Waals surface area contributed by atoms with Crippen LogP contribution >= 0.6 is 11.6 Å². The summed E-state index contributed by atoms with van der Waals surface area (Å²) >= 11 is 5.93. The number of nitriles is 1. The molecule has 0 atom stereocenters. The van der Waals surface area contributed by atoms with Crippen molar-refractivity contribution in [2.45, 2.75) is 13.3 Å². The molecule has 0 aliphatic heterocycles. The molecular weight excluding hydrogens is 238 g/mol. The molecule has 0 fully saturated rings. The quantitative estimate of drug-likeness (QED) is 0.468. The van der Waals surface area contributed by atoms with E-state index in [1.807, 2.05) is 13.0 Å². The Balaban J connectivity index is 2.92. The number of hydrogen-bond donors (Lipinski definition) is 0. The van der Waals surface area contributed by atoms with Crippen LogP contribution in [0.1, 0.15) is 18.9 Å². The van der Waals surface area contributed by atoms with Crippen LogP contribution in [0.5, 0.6) is 0 Å². The molecule has 88 valence electrons. The number of benzene rings is 1. The van der Waals surface area contributed by atoms with Gasteiger partial charge in [0, 0.05) is 5.02 Å². The van der Waals surface area contributed by atoms with Crippen molar-refractivity contribution in [3.8, 4) is 6.07 Å².